The lowest BCUT2D eigenvalue weighted by Gasteiger charge is -1.96. The molecule has 46 valence electrons. The standard InChI is InChI=1S/C4H6O4/c5-1-3(7)4(8)2-6/h1,4,6,8H,2H2/t4-/m0/s1. The number of rotatable bonds is 3. The van der Waals surface area contributed by atoms with Crippen molar-refractivity contribution >= 4 is 12.1 Å². The van der Waals surface area contributed by atoms with Gasteiger partial charge < -0.3 is 10.2 Å². The van der Waals surface area contributed by atoms with E-state index in [9.17, 15) is 9.59 Å². The van der Waals surface area contributed by atoms with E-state index < -0.39 is 18.5 Å². The Balaban J connectivity index is 3.62. The number of hydrogen-bond acceptors (Lipinski definition) is 4. The summed E-state index contributed by atoms with van der Waals surface area (Å²) in [4.78, 5) is 19.4. The van der Waals surface area contributed by atoms with E-state index in [2.05, 4.69) is 0 Å². The minimum absolute atomic E-state index is 0.0269. The molecule has 0 saturated heterocycles. The highest BCUT2D eigenvalue weighted by molar-refractivity contribution is 6.27. The van der Waals surface area contributed by atoms with E-state index in [0.29, 0.717) is 0 Å². The molecular weight excluding hydrogens is 112 g/mol. The molecule has 0 rings (SSSR count). The van der Waals surface area contributed by atoms with E-state index in [0.717, 1.165) is 0 Å². The van der Waals surface area contributed by atoms with Crippen LogP contribution in [0.25, 0.3) is 0 Å². The Morgan fingerprint density at radius 2 is 2.25 bits per heavy atom. The average Bonchev–Trinajstić information content (AvgIpc) is 1.84. The largest absolute Gasteiger partial charge is 0.393 e. The molecule has 0 fully saturated rings. The van der Waals surface area contributed by atoms with Crippen LogP contribution in [0.3, 0.4) is 0 Å². The monoisotopic (exact) mass is 118 g/mol. The first-order chi connectivity index (χ1) is 3.72. The first-order valence-corrected chi connectivity index (χ1v) is 2.00. The SMILES string of the molecule is O=CC(=O)[C@@H](O)CO. The van der Waals surface area contributed by atoms with Crippen LogP contribution in [-0.2, 0) is 9.59 Å². The molecule has 0 aromatic heterocycles. The Labute approximate surface area is 45.7 Å². The second kappa shape index (κ2) is 3.29. The van der Waals surface area contributed by atoms with E-state index in [-0.39, 0.29) is 6.29 Å². The molecule has 1 atom stereocenters. The lowest BCUT2D eigenvalue weighted by Crippen LogP contribution is -2.24. The quantitative estimate of drug-likeness (QED) is 0.335. The fourth-order valence-electron chi connectivity index (χ4n) is 0.169. The fourth-order valence-corrected chi connectivity index (χ4v) is 0.169. The lowest BCUT2D eigenvalue weighted by atomic mass is 10.3. The zero-order valence-electron chi connectivity index (χ0n) is 4.07. The van der Waals surface area contributed by atoms with Crippen molar-refractivity contribution in [3.63, 3.8) is 0 Å². The maximum atomic E-state index is 9.96. The fraction of sp³-hybridized carbons (Fsp3) is 0.500. The van der Waals surface area contributed by atoms with Gasteiger partial charge in [0.2, 0.25) is 5.78 Å². The van der Waals surface area contributed by atoms with Gasteiger partial charge in [0.1, 0.15) is 6.10 Å². The summed E-state index contributed by atoms with van der Waals surface area (Å²) in [5.74, 6) is -0.993. The van der Waals surface area contributed by atoms with Crippen LogP contribution in [0.15, 0.2) is 0 Å². The first kappa shape index (κ1) is 7.26. The lowest BCUT2D eigenvalue weighted by molar-refractivity contribution is -0.136. The molecule has 0 amide bonds. The number of carbonyl (C=O) groups excluding carboxylic acids is 2. The third-order valence-electron chi connectivity index (χ3n) is 0.618. The Morgan fingerprint density at radius 1 is 1.75 bits per heavy atom. The van der Waals surface area contributed by atoms with Crippen molar-refractivity contribution in [2.45, 2.75) is 6.10 Å². The summed E-state index contributed by atoms with van der Waals surface area (Å²) >= 11 is 0. The summed E-state index contributed by atoms with van der Waals surface area (Å²) in [6.45, 7) is -0.697. The van der Waals surface area contributed by atoms with E-state index >= 15 is 0 Å². The Morgan fingerprint density at radius 3 is 2.38 bits per heavy atom. The first-order valence-electron chi connectivity index (χ1n) is 2.00. The smallest absolute Gasteiger partial charge is 0.225 e. The van der Waals surface area contributed by atoms with Crippen LogP contribution in [0.2, 0.25) is 0 Å². The van der Waals surface area contributed by atoms with Gasteiger partial charge in [0.15, 0.2) is 6.29 Å². The van der Waals surface area contributed by atoms with Gasteiger partial charge in [0, 0.05) is 0 Å². The normalized spacial score (nSPS) is 12.8. The van der Waals surface area contributed by atoms with Gasteiger partial charge in [-0.1, -0.05) is 0 Å². The highest BCUT2D eigenvalue weighted by atomic mass is 16.3. The van der Waals surface area contributed by atoms with Crippen LogP contribution in [-0.4, -0.2) is 35.0 Å². The molecule has 0 aliphatic heterocycles. The number of hydrogen-bond donors (Lipinski definition) is 2. The molecule has 0 spiro atoms. The van der Waals surface area contributed by atoms with Gasteiger partial charge in [-0.3, -0.25) is 9.59 Å². The predicted octanol–water partition coefficient (Wildman–Crippen LogP) is -1.89. The molecule has 0 bridgehead atoms. The Hall–Kier alpha value is -0.740. The number of aliphatic hydroxyl groups is 2. The molecule has 0 heterocycles. The zero-order valence-corrected chi connectivity index (χ0v) is 4.07. The van der Waals surface area contributed by atoms with Crippen molar-refractivity contribution in [1.29, 1.82) is 0 Å². The highest BCUT2D eigenvalue weighted by Crippen LogP contribution is 1.77. The topological polar surface area (TPSA) is 74.6 Å². The van der Waals surface area contributed by atoms with Gasteiger partial charge in [0.25, 0.3) is 0 Å². The van der Waals surface area contributed by atoms with Crippen molar-refractivity contribution in [2.75, 3.05) is 6.61 Å². The van der Waals surface area contributed by atoms with Crippen LogP contribution in [0.1, 0.15) is 0 Å². The van der Waals surface area contributed by atoms with Crippen molar-refractivity contribution in [3.8, 4) is 0 Å². The average molecular weight is 118 g/mol. The molecule has 0 aliphatic rings. The van der Waals surface area contributed by atoms with Gasteiger partial charge in [-0.05, 0) is 0 Å². The van der Waals surface area contributed by atoms with E-state index in [1.807, 2.05) is 0 Å². The van der Waals surface area contributed by atoms with Crippen molar-refractivity contribution in [2.24, 2.45) is 0 Å². The number of aliphatic hydroxyl groups excluding tert-OH is 2. The molecule has 2 N–H and O–H groups in total. The third-order valence-corrected chi connectivity index (χ3v) is 0.618. The molecule has 0 aromatic rings. The maximum absolute atomic E-state index is 9.96. The van der Waals surface area contributed by atoms with Crippen LogP contribution in [0.5, 0.6) is 0 Å². The maximum Gasteiger partial charge on any atom is 0.225 e. The number of carbonyl (C=O) groups is 2. The summed E-state index contributed by atoms with van der Waals surface area (Å²) < 4.78 is 0. The van der Waals surface area contributed by atoms with E-state index in [4.69, 9.17) is 10.2 Å². The molecule has 0 radical (unpaired) electrons. The van der Waals surface area contributed by atoms with Crippen LogP contribution < -0.4 is 0 Å². The molecule has 4 nitrogen and oxygen atoms in total. The van der Waals surface area contributed by atoms with E-state index in [1.165, 1.54) is 0 Å². The highest BCUT2D eigenvalue weighted by Gasteiger charge is 2.10. The van der Waals surface area contributed by atoms with Crippen LogP contribution in [0, 0.1) is 0 Å². The number of aldehydes is 1. The van der Waals surface area contributed by atoms with Crippen molar-refractivity contribution in [1.82, 2.24) is 0 Å². The van der Waals surface area contributed by atoms with Crippen molar-refractivity contribution in [3.05, 3.63) is 0 Å². The van der Waals surface area contributed by atoms with Gasteiger partial charge in [0.05, 0.1) is 6.61 Å². The van der Waals surface area contributed by atoms with Crippen LogP contribution >= 0.6 is 0 Å². The summed E-state index contributed by atoms with van der Waals surface area (Å²) in [7, 11) is 0. The number of Topliss-reactive ketones (excluding diaryl/α,β-unsaturated/α-hetero) is 1. The molecular formula is C4H6O4. The second-order valence-corrected chi connectivity index (χ2v) is 1.22. The number of ketones is 1. The minimum atomic E-state index is -1.53. The van der Waals surface area contributed by atoms with Gasteiger partial charge in [-0.25, -0.2) is 0 Å². The zero-order chi connectivity index (χ0) is 6.57. The molecule has 4 heteroatoms. The summed E-state index contributed by atoms with van der Waals surface area (Å²) in [5, 5.41) is 16.3. The second-order valence-electron chi connectivity index (χ2n) is 1.22. The van der Waals surface area contributed by atoms with Gasteiger partial charge in [-0.15, -0.1) is 0 Å². The third kappa shape index (κ3) is 1.81. The van der Waals surface area contributed by atoms with Gasteiger partial charge in [-0.2, -0.15) is 0 Å². The Bertz CT molecular complexity index is 98.2. The summed E-state index contributed by atoms with van der Waals surface area (Å²) in [6, 6.07) is 0. The molecule has 0 aromatic carbocycles. The summed E-state index contributed by atoms with van der Waals surface area (Å²) in [5.41, 5.74) is 0. The molecule has 0 aliphatic carbocycles. The predicted molar refractivity (Wildman–Crippen MR) is 24.2 cm³/mol. The minimum Gasteiger partial charge on any atom is -0.393 e. The van der Waals surface area contributed by atoms with Crippen LogP contribution in [0.4, 0.5) is 0 Å². The summed E-state index contributed by atoms with van der Waals surface area (Å²) in [6.07, 6.45) is -1.56. The van der Waals surface area contributed by atoms with E-state index in [1.54, 1.807) is 0 Å². The molecule has 0 unspecified atom stereocenters. The molecule has 8 heavy (non-hydrogen) atoms. The van der Waals surface area contributed by atoms with Gasteiger partial charge >= 0.3 is 0 Å². The van der Waals surface area contributed by atoms with Crippen molar-refractivity contribution < 1.29 is 19.8 Å². The Kier molecular flexibility index (Phi) is 2.98. The molecule has 0 saturated carbocycles.